The second-order valence-corrected chi connectivity index (χ2v) is 5.57. The maximum atomic E-state index is 5.92. The Morgan fingerprint density at radius 3 is 2.80 bits per heavy atom. The van der Waals surface area contributed by atoms with Crippen molar-refractivity contribution in [3.8, 4) is 16.9 Å². The molecular formula is C18H21NO. The summed E-state index contributed by atoms with van der Waals surface area (Å²) in [6.07, 6.45) is 2.58. The third kappa shape index (κ3) is 2.64. The van der Waals surface area contributed by atoms with Gasteiger partial charge in [-0.2, -0.15) is 0 Å². The van der Waals surface area contributed by atoms with Gasteiger partial charge in [0.2, 0.25) is 0 Å². The zero-order valence-corrected chi connectivity index (χ0v) is 12.1. The van der Waals surface area contributed by atoms with Gasteiger partial charge in [0.15, 0.2) is 0 Å². The van der Waals surface area contributed by atoms with Crippen LogP contribution in [0.1, 0.15) is 25.8 Å². The summed E-state index contributed by atoms with van der Waals surface area (Å²) in [5, 5.41) is 3.49. The Labute approximate surface area is 120 Å². The lowest BCUT2D eigenvalue weighted by atomic mass is 9.97. The Morgan fingerprint density at radius 2 is 1.95 bits per heavy atom. The number of hydrogen-bond acceptors (Lipinski definition) is 2. The highest BCUT2D eigenvalue weighted by Crippen LogP contribution is 2.34. The van der Waals surface area contributed by atoms with Gasteiger partial charge in [-0.25, -0.2) is 0 Å². The molecule has 1 aliphatic rings. The van der Waals surface area contributed by atoms with Gasteiger partial charge in [-0.15, -0.1) is 0 Å². The van der Waals surface area contributed by atoms with Gasteiger partial charge in [0, 0.05) is 17.8 Å². The van der Waals surface area contributed by atoms with Crippen molar-refractivity contribution in [2.24, 2.45) is 0 Å². The maximum Gasteiger partial charge on any atom is 0.127 e. The number of rotatable bonds is 3. The van der Waals surface area contributed by atoms with E-state index in [4.69, 9.17) is 4.74 Å². The molecule has 0 aromatic heterocycles. The first kappa shape index (κ1) is 13.0. The SMILES string of the molecule is CC(C)Oc1ccccc1-c1ccc2c(c1)NCCC2. The summed E-state index contributed by atoms with van der Waals surface area (Å²) in [4.78, 5) is 0. The predicted octanol–water partition coefficient (Wildman–Crippen LogP) is 4.50. The molecule has 2 nitrogen and oxygen atoms in total. The summed E-state index contributed by atoms with van der Waals surface area (Å²) in [7, 11) is 0. The van der Waals surface area contributed by atoms with E-state index in [0.29, 0.717) is 0 Å². The summed E-state index contributed by atoms with van der Waals surface area (Å²) >= 11 is 0. The van der Waals surface area contributed by atoms with Gasteiger partial charge in [-0.1, -0.05) is 30.3 Å². The van der Waals surface area contributed by atoms with Crippen LogP contribution in [0.5, 0.6) is 5.75 Å². The van der Waals surface area contributed by atoms with Crippen molar-refractivity contribution < 1.29 is 4.74 Å². The van der Waals surface area contributed by atoms with Gasteiger partial charge < -0.3 is 10.1 Å². The molecular weight excluding hydrogens is 246 g/mol. The van der Waals surface area contributed by atoms with Crippen LogP contribution < -0.4 is 10.1 Å². The molecule has 0 spiro atoms. The molecule has 1 aliphatic heterocycles. The monoisotopic (exact) mass is 267 g/mol. The average molecular weight is 267 g/mol. The minimum Gasteiger partial charge on any atom is -0.490 e. The van der Waals surface area contributed by atoms with E-state index in [1.807, 2.05) is 12.1 Å². The first-order valence-electron chi connectivity index (χ1n) is 7.37. The number of nitrogens with one attached hydrogen (secondary N) is 1. The summed E-state index contributed by atoms with van der Waals surface area (Å²) in [5.41, 5.74) is 5.07. The minimum atomic E-state index is 0.187. The van der Waals surface area contributed by atoms with Crippen LogP contribution in [0.15, 0.2) is 42.5 Å². The van der Waals surface area contributed by atoms with E-state index in [2.05, 4.69) is 49.5 Å². The molecule has 1 heterocycles. The molecule has 20 heavy (non-hydrogen) atoms. The highest BCUT2D eigenvalue weighted by atomic mass is 16.5. The Morgan fingerprint density at radius 1 is 1.10 bits per heavy atom. The van der Waals surface area contributed by atoms with Gasteiger partial charge in [0.25, 0.3) is 0 Å². The average Bonchev–Trinajstić information content (AvgIpc) is 2.47. The van der Waals surface area contributed by atoms with Crippen molar-refractivity contribution in [1.29, 1.82) is 0 Å². The summed E-state index contributed by atoms with van der Waals surface area (Å²) in [6, 6.07) is 15.0. The van der Waals surface area contributed by atoms with Crippen LogP contribution >= 0.6 is 0 Å². The lowest BCUT2D eigenvalue weighted by Crippen LogP contribution is -2.11. The standard InChI is InChI=1S/C18H21NO/c1-13(2)20-18-8-4-3-7-16(18)15-10-9-14-6-5-11-19-17(14)12-15/h3-4,7-10,12-13,19H,5-6,11H2,1-2H3. The fourth-order valence-electron chi connectivity index (χ4n) is 2.69. The molecule has 2 heteroatoms. The van der Waals surface area contributed by atoms with Crippen LogP contribution in [-0.4, -0.2) is 12.6 Å². The molecule has 0 unspecified atom stereocenters. The molecule has 0 aliphatic carbocycles. The fourth-order valence-corrected chi connectivity index (χ4v) is 2.69. The first-order chi connectivity index (χ1) is 9.74. The van der Waals surface area contributed by atoms with Crippen molar-refractivity contribution >= 4 is 5.69 Å². The lowest BCUT2D eigenvalue weighted by Gasteiger charge is -2.20. The number of fused-ring (bicyclic) bond motifs is 1. The number of anilines is 1. The minimum absolute atomic E-state index is 0.187. The third-order valence-electron chi connectivity index (χ3n) is 3.61. The Bertz CT molecular complexity index is 604. The van der Waals surface area contributed by atoms with E-state index in [9.17, 15) is 0 Å². The molecule has 0 atom stereocenters. The molecule has 0 saturated carbocycles. The Kier molecular flexibility index (Phi) is 3.64. The van der Waals surface area contributed by atoms with Gasteiger partial charge in [-0.05, 0) is 49.9 Å². The van der Waals surface area contributed by atoms with E-state index in [0.717, 1.165) is 17.9 Å². The molecule has 104 valence electrons. The zero-order chi connectivity index (χ0) is 13.9. The number of aryl methyl sites for hydroxylation is 1. The highest BCUT2D eigenvalue weighted by molar-refractivity contribution is 5.75. The number of para-hydroxylation sites is 1. The van der Waals surface area contributed by atoms with Crippen LogP contribution in [0.2, 0.25) is 0 Å². The van der Waals surface area contributed by atoms with Gasteiger partial charge in [0.05, 0.1) is 6.10 Å². The molecule has 0 bridgehead atoms. The first-order valence-corrected chi connectivity index (χ1v) is 7.37. The second kappa shape index (κ2) is 5.58. The smallest absolute Gasteiger partial charge is 0.127 e. The van der Waals surface area contributed by atoms with Crippen LogP contribution in [0.4, 0.5) is 5.69 Å². The summed E-state index contributed by atoms with van der Waals surface area (Å²) in [5.74, 6) is 0.957. The van der Waals surface area contributed by atoms with Gasteiger partial charge in [0.1, 0.15) is 5.75 Å². The predicted molar refractivity (Wildman–Crippen MR) is 84.5 cm³/mol. The highest BCUT2D eigenvalue weighted by Gasteiger charge is 2.12. The maximum absolute atomic E-state index is 5.92. The van der Waals surface area contributed by atoms with E-state index < -0.39 is 0 Å². The topological polar surface area (TPSA) is 21.3 Å². The zero-order valence-electron chi connectivity index (χ0n) is 12.1. The number of ether oxygens (including phenoxy) is 1. The van der Waals surface area contributed by atoms with Crippen molar-refractivity contribution in [3.05, 3.63) is 48.0 Å². The van der Waals surface area contributed by atoms with E-state index in [-0.39, 0.29) is 6.10 Å². The number of benzene rings is 2. The molecule has 0 radical (unpaired) electrons. The van der Waals surface area contributed by atoms with Crippen molar-refractivity contribution in [3.63, 3.8) is 0 Å². The van der Waals surface area contributed by atoms with Gasteiger partial charge >= 0.3 is 0 Å². The van der Waals surface area contributed by atoms with Crippen molar-refractivity contribution in [2.45, 2.75) is 32.8 Å². The van der Waals surface area contributed by atoms with Gasteiger partial charge in [-0.3, -0.25) is 0 Å². The Hall–Kier alpha value is -1.96. The van der Waals surface area contributed by atoms with Crippen LogP contribution in [0, 0.1) is 0 Å². The van der Waals surface area contributed by atoms with E-state index in [1.54, 1.807) is 0 Å². The molecule has 0 fully saturated rings. The molecule has 2 aromatic rings. The fraction of sp³-hybridized carbons (Fsp3) is 0.333. The third-order valence-corrected chi connectivity index (χ3v) is 3.61. The van der Waals surface area contributed by atoms with Crippen molar-refractivity contribution in [1.82, 2.24) is 0 Å². The molecule has 2 aromatic carbocycles. The molecule has 0 amide bonds. The normalized spacial score (nSPS) is 13.8. The van der Waals surface area contributed by atoms with Crippen molar-refractivity contribution in [2.75, 3.05) is 11.9 Å². The van der Waals surface area contributed by atoms with E-state index >= 15 is 0 Å². The Balaban J connectivity index is 2.00. The molecule has 1 N–H and O–H groups in total. The van der Waals surface area contributed by atoms with Crippen LogP contribution in [-0.2, 0) is 6.42 Å². The summed E-state index contributed by atoms with van der Waals surface area (Å²) < 4.78 is 5.92. The molecule has 3 rings (SSSR count). The summed E-state index contributed by atoms with van der Waals surface area (Å²) in [6.45, 7) is 5.19. The largest absolute Gasteiger partial charge is 0.490 e. The molecule has 0 saturated heterocycles. The lowest BCUT2D eigenvalue weighted by molar-refractivity contribution is 0.243. The number of hydrogen-bond donors (Lipinski definition) is 1. The second-order valence-electron chi connectivity index (χ2n) is 5.57. The van der Waals surface area contributed by atoms with Crippen LogP contribution in [0.25, 0.3) is 11.1 Å². The quantitative estimate of drug-likeness (QED) is 0.884. The van der Waals surface area contributed by atoms with E-state index in [1.165, 1.54) is 29.7 Å². The van der Waals surface area contributed by atoms with Crippen LogP contribution in [0.3, 0.4) is 0 Å².